The minimum absolute atomic E-state index is 0.423. The van der Waals surface area contributed by atoms with Gasteiger partial charge in [0.2, 0.25) is 0 Å². The van der Waals surface area contributed by atoms with Crippen molar-refractivity contribution in [3.05, 3.63) is 16.3 Å². The van der Waals surface area contributed by atoms with E-state index in [0.717, 1.165) is 31.7 Å². The molecule has 1 aromatic heterocycles. The number of thiophene rings is 1. The van der Waals surface area contributed by atoms with E-state index in [1.54, 1.807) is 18.4 Å². The molecule has 1 saturated heterocycles. The Hall–Kier alpha value is -0.580. The molecule has 0 aromatic carbocycles. The van der Waals surface area contributed by atoms with Crippen molar-refractivity contribution in [2.24, 2.45) is 0 Å². The Kier molecular flexibility index (Phi) is 6.83. The molecule has 2 heterocycles. The second kappa shape index (κ2) is 8.65. The van der Waals surface area contributed by atoms with Gasteiger partial charge in [-0.25, -0.2) is 0 Å². The Morgan fingerprint density at radius 1 is 1.55 bits per heavy atom. The van der Waals surface area contributed by atoms with Crippen LogP contribution in [0.25, 0.3) is 0 Å². The van der Waals surface area contributed by atoms with E-state index in [-0.39, 0.29) is 0 Å². The van der Waals surface area contributed by atoms with E-state index in [0.29, 0.717) is 12.1 Å². The molecule has 0 saturated carbocycles. The molecule has 114 valence electrons. The minimum Gasteiger partial charge on any atom is -0.496 e. The lowest BCUT2D eigenvalue weighted by molar-refractivity contribution is 0.101. The van der Waals surface area contributed by atoms with Crippen LogP contribution in [-0.2, 0) is 4.74 Å². The molecular weight excluding hydrogens is 270 g/mol. The van der Waals surface area contributed by atoms with Crippen LogP contribution in [0.3, 0.4) is 0 Å². The average molecular weight is 297 g/mol. The van der Waals surface area contributed by atoms with Crippen molar-refractivity contribution in [3.8, 4) is 5.75 Å². The van der Waals surface area contributed by atoms with E-state index in [1.165, 1.54) is 30.6 Å². The van der Waals surface area contributed by atoms with Gasteiger partial charge in [-0.1, -0.05) is 6.92 Å². The molecule has 1 N–H and O–H groups in total. The molecule has 1 aliphatic heterocycles. The summed E-state index contributed by atoms with van der Waals surface area (Å²) in [6.07, 6.45) is 7.72. The molecule has 0 amide bonds. The topological polar surface area (TPSA) is 30.5 Å². The van der Waals surface area contributed by atoms with Gasteiger partial charge < -0.3 is 14.8 Å². The number of rotatable bonds is 9. The summed E-state index contributed by atoms with van der Waals surface area (Å²) >= 11 is 1.80. The van der Waals surface area contributed by atoms with Crippen molar-refractivity contribution in [1.82, 2.24) is 5.32 Å². The highest BCUT2D eigenvalue weighted by Crippen LogP contribution is 2.34. The van der Waals surface area contributed by atoms with Gasteiger partial charge in [0.25, 0.3) is 0 Å². The first kappa shape index (κ1) is 15.8. The molecule has 1 fully saturated rings. The van der Waals surface area contributed by atoms with Gasteiger partial charge in [0.05, 0.1) is 18.1 Å². The highest BCUT2D eigenvalue weighted by molar-refractivity contribution is 7.10. The number of nitrogens with one attached hydrogen (secondary N) is 1. The fraction of sp³-hybridized carbons (Fsp3) is 0.750. The van der Waals surface area contributed by atoms with Gasteiger partial charge >= 0.3 is 0 Å². The Morgan fingerprint density at radius 3 is 3.15 bits per heavy atom. The minimum atomic E-state index is 0.423. The van der Waals surface area contributed by atoms with Gasteiger partial charge in [-0.3, -0.25) is 0 Å². The Labute approximate surface area is 126 Å². The van der Waals surface area contributed by atoms with Crippen LogP contribution in [-0.4, -0.2) is 26.4 Å². The van der Waals surface area contributed by atoms with Crippen LogP contribution in [0.4, 0.5) is 0 Å². The van der Waals surface area contributed by atoms with E-state index in [2.05, 4.69) is 23.7 Å². The number of hydrogen-bond donors (Lipinski definition) is 1. The molecule has 2 rings (SSSR count). The molecule has 1 aromatic rings. The smallest absolute Gasteiger partial charge is 0.134 e. The third-order valence-corrected chi connectivity index (χ3v) is 4.89. The van der Waals surface area contributed by atoms with Gasteiger partial charge in [-0.15, -0.1) is 11.3 Å². The summed E-state index contributed by atoms with van der Waals surface area (Å²) in [6, 6.07) is 2.49. The number of methoxy groups -OCH3 is 1. The number of hydrogen-bond acceptors (Lipinski definition) is 4. The van der Waals surface area contributed by atoms with Crippen molar-refractivity contribution in [2.45, 2.75) is 57.6 Å². The molecule has 20 heavy (non-hydrogen) atoms. The largest absolute Gasteiger partial charge is 0.496 e. The van der Waals surface area contributed by atoms with E-state index in [4.69, 9.17) is 9.47 Å². The lowest BCUT2D eigenvalue weighted by Crippen LogP contribution is -2.22. The highest BCUT2D eigenvalue weighted by atomic mass is 32.1. The Morgan fingerprint density at radius 2 is 2.45 bits per heavy atom. The quantitative estimate of drug-likeness (QED) is 0.743. The first-order valence-corrected chi connectivity index (χ1v) is 8.69. The van der Waals surface area contributed by atoms with E-state index in [1.807, 2.05) is 0 Å². The summed E-state index contributed by atoms with van der Waals surface area (Å²) in [4.78, 5) is 1.34. The second-order valence-corrected chi connectivity index (χ2v) is 6.37. The maximum Gasteiger partial charge on any atom is 0.134 e. The van der Waals surface area contributed by atoms with Gasteiger partial charge in [-0.05, 0) is 56.5 Å². The summed E-state index contributed by atoms with van der Waals surface area (Å²) in [5.74, 6) is 1.03. The second-order valence-electron chi connectivity index (χ2n) is 5.43. The van der Waals surface area contributed by atoms with Crippen LogP contribution in [0.15, 0.2) is 11.4 Å². The van der Waals surface area contributed by atoms with Crippen LogP contribution in [0.1, 0.15) is 56.4 Å². The molecule has 0 spiro atoms. The average Bonchev–Trinajstić information content (AvgIpc) is 3.13. The van der Waals surface area contributed by atoms with E-state index in [9.17, 15) is 0 Å². The van der Waals surface area contributed by atoms with Gasteiger partial charge in [0.15, 0.2) is 0 Å². The summed E-state index contributed by atoms with van der Waals surface area (Å²) in [7, 11) is 1.76. The van der Waals surface area contributed by atoms with Crippen LogP contribution in [0, 0.1) is 0 Å². The summed E-state index contributed by atoms with van der Waals surface area (Å²) in [5.41, 5.74) is 0. The summed E-state index contributed by atoms with van der Waals surface area (Å²) in [5, 5.41) is 5.78. The third-order valence-electron chi connectivity index (χ3n) is 3.88. The molecule has 0 bridgehead atoms. The fourth-order valence-corrected chi connectivity index (χ4v) is 3.77. The molecule has 0 aliphatic carbocycles. The maximum absolute atomic E-state index is 5.71. The fourth-order valence-electron chi connectivity index (χ4n) is 2.80. The lowest BCUT2D eigenvalue weighted by atomic mass is 10.0. The van der Waals surface area contributed by atoms with Crippen LogP contribution in [0.2, 0.25) is 0 Å². The van der Waals surface area contributed by atoms with Gasteiger partial charge in [-0.2, -0.15) is 0 Å². The predicted molar refractivity (Wildman–Crippen MR) is 84.7 cm³/mol. The molecular formula is C16H27NO2S. The first-order chi connectivity index (χ1) is 9.85. The summed E-state index contributed by atoms with van der Waals surface area (Å²) in [6.45, 7) is 4.23. The van der Waals surface area contributed by atoms with Crippen molar-refractivity contribution in [2.75, 3.05) is 20.3 Å². The zero-order valence-corrected chi connectivity index (χ0v) is 13.5. The zero-order valence-electron chi connectivity index (χ0n) is 12.7. The van der Waals surface area contributed by atoms with Gasteiger partial charge in [0.1, 0.15) is 5.75 Å². The standard InChI is InChI=1S/C16H27NO2S/c1-3-10-17-14(16-15(18-2)9-12-20-16)8-4-6-13-7-5-11-19-13/h9,12-14,17H,3-8,10-11H2,1-2H3. The normalized spacial score (nSPS) is 20.2. The first-order valence-electron chi connectivity index (χ1n) is 7.81. The van der Waals surface area contributed by atoms with Crippen LogP contribution < -0.4 is 10.1 Å². The van der Waals surface area contributed by atoms with Gasteiger partial charge in [0, 0.05) is 12.6 Å². The lowest BCUT2D eigenvalue weighted by Gasteiger charge is -2.19. The van der Waals surface area contributed by atoms with Crippen LogP contribution >= 0.6 is 11.3 Å². The molecule has 4 heteroatoms. The monoisotopic (exact) mass is 297 g/mol. The third kappa shape index (κ3) is 4.47. The van der Waals surface area contributed by atoms with E-state index >= 15 is 0 Å². The van der Waals surface area contributed by atoms with Crippen molar-refractivity contribution < 1.29 is 9.47 Å². The predicted octanol–water partition coefficient (Wildman–Crippen LogP) is 4.15. The zero-order chi connectivity index (χ0) is 14.2. The number of ether oxygens (including phenoxy) is 2. The molecule has 3 nitrogen and oxygen atoms in total. The molecule has 0 radical (unpaired) electrons. The molecule has 1 aliphatic rings. The van der Waals surface area contributed by atoms with E-state index < -0.39 is 0 Å². The summed E-state index contributed by atoms with van der Waals surface area (Å²) < 4.78 is 11.2. The van der Waals surface area contributed by atoms with Crippen molar-refractivity contribution in [1.29, 1.82) is 0 Å². The SMILES string of the molecule is CCCNC(CCCC1CCCO1)c1sccc1OC. The molecule has 2 unspecified atom stereocenters. The van der Waals surface area contributed by atoms with Crippen LogP contribution in [0.5, 0.6) is 5.75 Å². The van der Waals surface area contributed by atoms with Crippen molar-refractivity contribution >= 4 is 11.3 Å². The Bertz CT molecular complexity index is 374. The maximum atomic E-state index is 5.71. The molecule has 2 atom stereocenters. The van der Waals surface area contributed by atoms with Crippen molar-refractivity contribution in [3.63, 3.8) is 0 Å². The highest BCUT2D eigenvalue weighted by Gasteiger charge is 2.19. The Balaban J connectivity index is 1.86.